The van der Waals surface area contributed by atoms with Crippen molar-refractivity contribution in [2.24, 2.45) is 22.5 Å². The van der Waals surface area contributed by atoms with Crippen molar-refractivity contribution < 1.29 is 4.74 Å². The number of benzene rings is 1. The normalized spacial score (nSPS) is 12.6. The quantitative estimate of drug-likeness (QED) is 0.267. The molecule has 0 radical (unpaired) electrons. The fourth-order valence-corrected chi connectivity index (χ4v) is 2.70. The number of nitrogens with two attached hydrogens (primary N) is 2. The maximum Gasteiger partial charge on any atom is 0.267 e. The van der Waals surface area contributed by atoms with E-state index < -0.39 is 0 Å². The van der Waals surface area contributed by atoms with Crippen LogP contribution in [-0.2, 0) is 0 Å². The monoisotopic (exact) mass is 374 g/mol. The van der Waals surface area contributed by atoms with Gasteiger partial charge in [0.2, 0.25) is 0 Å². The number of nitrogens with one attached hydrogen (secondary N) is 2. The molecule has 6 N–H and O–H groups in total. The molecular weight excluding hydrogens is 339 g/mol. The third-order valence-corrected chi connectivity index (χ3v) is 4.06. The van der Waals surface area contributed by atoms with Crippen molar-refractivity contribution in [2.75, 3.05) is 20.7 Å². The summed E-state index contributed by atoms with van der Waals surface area (Å²) in [4.78, 5) is 0. The number of rotatable bonds is 5. The van der Waals surface area contributed by atoms with E-state index in [1.54, 1.807) is 12.1 Å². The van der Waals surface area contributed by atoms with Crippen LogP contribution in [0.1, 0.15) is 38.7 Å². The van der Waals surface area contributed by atoms with E-state index in [4.69, 9.17) is 20.9 Å². The van der Waals surface area contributed by atoms with E-state index in [2.05, 4.69) is 22.6 Å². The third kappa shape index (κ3) is 11.2. The summed E-state index contributed by atoms with van der Waals surface area (Å²) in [6.07, 6.45) is 5.33. The maximum absolute atomic E-state index is 8.87. The highest BCUT2D eigenvalue weighted by atomic mass is 16.5. The van der Waals surface area contributed by atoms with Crippen molar-refractivity contribution in [3.8, 4) is 11.7 Å². The molecule has 0 bridgehead atoms. The molecule has 0 unspecified atom stereocenters. The third-order valence-electron chi connectivity index (χ3n) is 4.06. The Hall–Kier alpha value is -2.24. The minimum Gasteiger partial charge on any atom is -0.494 e. The molecule has 0 atom stereocenters. The number of hydrogen-bond donors (Lipinski definition) is 4. The summed E-state index contributed by atoms with van der Waals surface area (Å²) in [5.41, 5.74) is 16.4. The zero-order valence-electron chi connectivity index (χ0n) is 17.2. The van der Waals surface area contributed by atoms with Gasteiger partial charge in [0.05, 0.1) is 6.61 Å². The zero-order valence-corrected chi connectivity index (χ0v) is 17.2. The number of ether oxygens (including phenoxy) is 1. The molecular formula is C19H35BN6O. The largest absolute Gasteiger partial charge is 0.494 e. The Kier molecular flexibility index (Phi) is 18.5. The van der Waals surface area contributed by atoms with Gasteiger partial charge in [0, 0.05) is 11.5 Å². The molecule has 0 saturated carbocycles. The van der Waals surface area contributed by atoms with Crippen LogP contribution in [-0.4, -0.2) is 33.3 Å². The Morgan fingerprint density at radius 3 is 2.15 bits per heavy atom. The average Bonchev–Trinajstić information content (AvgIpc) is 2.78. The molecule has 8 heteroatoms. The summed E-state index contributed by atoms with van der Waals surface area (Å²) in [5.74, 6) is 3.76. The zero-order chi connectivity index (χ0) is 21.1. The van der Waals surface area contributed by atoms with Gasteiger partial charge in [-0.1, -0.05) is 39.3 Å². The summed E-state index contributed by atoms with van der Waals surface area (Å²) >= 11 is 0. The number of hydrogen-bond acceptors (Lipinski definition) is 6. The van der Waals surface area contributed by atoms with Gasteiger partial charge < -0.3 is 16.2 Å². The van der Waals surface area contributed by atoms with Crippen molar-refractivity contribution in [1.82, 2.24) is 0 Å². The molecule has 0 amide bonds. The number of nitriles is 1. The number of nitrogens with zero attached hydrogens (tertiary/aromatic N) is 2. The second kappa shape index (κ2) is 18.6. The van der Waals surface area contributed by atoms with Crippen LogP contribution in [0.15, 0.2) is 29.4 Å². The van der Waals surface area contributed by atoms with E-state index in [-0.39, 0.29) is 12.5 Å². The van der Waals surface area contributed by atoms with Crippen LogP contribution in [0.3, 0.4) is 0 Å². The molecule has 27 heavy (non-hydrogen) atoms. The Labute approximate surface area is 164 Å². The summed E-state index contributed by atoms with van der Waals surface area (Å²) in [5, 5.41) is 19.4. The van der Waals surface area contributed by atoms with E-state index in [9.17, 15) is 0 Å². The fourth-order valence-electron chi connectivity index (χ4n) is 2.70. The lowest BCUT2D eigenvalue weighted by atomic mass is 9.41. The van der Waals surface area contributed by atoms with Gasteiger partial charge in [-0.25, -0.2) is 10.8 Å². The molecule has 1 fully saturated rings. The Balaban J connectivity index is 0. The topological polar surface area (TPSA) is 145 Å². The van der Waals surface area contributed by atoms with Crippen molar-refractivity contribution >= 4 is 12.5 Å². The van der Waals surface area contributed by atoms with Crippen LogP contribution < -0.4 is 16.2 Å². The van der Waals surface area contributed by atoms with Gasteiger partial charge in [0.1, 0.15) is 5.75 Å². The summed E-state index contributed by atoms with van der Waals surface area (Å²) in [6, 6.07) is 7.10. The molecule has 7 nitrogen and oxygen atoms in total. The molecule has 1 saturated heterocycles. The predicted molar refractivity (Wildman–Crippen MR) is 114 cm³/mol. The lowest BCUT2D eigenvalue weighted by Gasteiger charge is -2.23. The molecule has 1 aromatic carbocycles. The second-order valence-corrected chi connectivity index (χ2v) is 5.47. The van der Waals surface area contributed by atoms with Gasteiger partial charge in [-0.05, 0) is 50.7 Å². The first-order chi connectivity index (χ1) is 13.2. The molecule has 1 heterocycles. The van der Waals surface area contributed by atoms with Gasteiger partial charge in [-0.2, -0.15) is 0 Å². The smallest absolute Gasteiger partial charge is 0.267 e. The van der Waals surface area contributed by atoms with E-state index in [0.717, 1.165) is 37.7 Å². The van der Waals surface area contributed by atoms with Crippen LogP contribution in [0, 0.1) is 28.1 Å². The lowest BCUT2D eigenvalue weighted by Crippen LogP contribution is -2.21. The number of amidine groups is 1. The minimum absolute atomic E-state index is 0.0456. The van der Waals surface area contributed by atoms with Gasteiger partial charge >= 0.3 is 0 Å². The molecule has 150 valence electrons. The predicted octanol–water partition coefficient (Wildman–Crippen LogP) is 3.96. The fraction of sp³-hybridized carbons (Fsp3) is 0.579. The van der Waals surface area contributed by atoms with Gasteiger partial charge in [-0.3, -0.25) is 5.41 Å². The van der Waals surface area contributed by atoms with Crippen molar-refractivity contribution in [2.45, 2.75) is 45.8 Å². The molecule has 0 aliphatic carbocycles. The molecule has 1 aliphatic rings. The summed E-state index contributed by atoms with van der Waals surface area (Å²) in [6.45, 7) is 4.94. The molecule has 2 rings (SSSR count). The summed E-state index contributed by atoms with van der Waals surface area (Å²) in [7, 11) is 3.00. The van der Waals surface area contributed by atoms with Gasteiger partial charge in [-0.15, -0.1) is 5.11 Å². The highest BCUT2D eigenvalue weighted by Crippen LogP contribution is 2.27. The highest BCUT2D eigenvalue weighted by molar-refractivity contribution is 6.67. The first-order valence-electron chi connectivity index (χ1n) is 9.47. The van der Waals surface area contributed by atoms with Crippen LogP contribution in [0.5, 0.6) is 5.75 Å². The van der Waals surface area contributed by atoms with Crippen LogP contribution in [0.4, 0.5) is 0 Å². The Bertz CT molecular complexity index is 536. The van der Waals surface area contributed by atoms with Crippen LogP contribution in [0.25, 0.3) is 0 Å². The van der Waals surface area contributed by atoms with E-state index in [1.165, 1.54) is 14.1 Å². The summed E-state index contributed by atoms with van der Waals surface area (Å²) < 4.78 is 5.72. The molecule has 1 aliphatic heterocycles. The lowest BCUT2D eigenvalue weighted by molar-refractivity contribution is 0.269. The van der Waals surface area contributed by atoms with Gasteiger partial charge in [0.15, 0.2) is 5.84 Å². The van der Waals surface area contributed by atoms with E-state index in [1.807, 2.05) is 26.0 Å². The van der Waals surface area contributed by atoms with Crippen molar-refractivity contribution in [3.05, 3.63) is 29.8 Å². The van der Waals surface area contributed by atoms with E-state index in [0.29, 0.717) is 18.1 Å². The standard InChI is InChI=1S/C15H19BN4O.C2H6.2CH5N/c17-11-16-8-5-12(6-9-16)7-10-21-14-3-1-13(2-4-14)15(18)20-19;3*1-2/h1-4,12,18-19H,5-10H2;1-2H3;2*2H2,1H3. The first kappa shape index (κ1) is 27.0. The Morgan fingerprint density at radius 2 is 1.70 bits per heavy atom. The molecule has 0 aromatic heterocycles. The van der Waals surface area contributed by atoms with Crippen molar-refractivity contribution in [3.63, 3.8) is 0 Å². The maximum atomic E-state index is 8.87. The van der Waals surface area contributed by atoms with Gasteiger partial charge in [0.25, 0.3) is 6.71 Å². The first-order valence-corrected chi connectivity index (χ1v) is 9.47. The SMILES string of the molecule is CC.CN.CN.N#CB1CCC(CCOc2ccc(C(=N)N=N)cc2)CC1. The molecule has 0 spiro atoms. The van der Waals surface area contributed by atoms with Crippen LogP contribution >= 0.6 is 0 Å². The average molecular weight is 374 g/mol. The molecule has 1 aromatic rings. The Morgan fingerprint density at radius 1 is 1.19 bits per heavy atom. The highest BCUT2D eigenvalue weighted by Gasteiger charge is 2.23. The van der Waals surface area contributed by atoms with Crippen LogP contribution in [0.2, 0.25) is 12.6 Å². The van der Waals surface area contributed by atoms with Crippen molar-refractivity contribution in [1.29, 1.82) is 16.2 Å². The minimum atomic E-state index is -0.0456. The second-order valence-electron chi connectivity index (χ2n) is 5.47. The van der Waals surface area contributed by atoms with E-state index >= 15 is 0 Å².